The second-order valence-electron chi connectivity index (χ2n) is 5.35. The van der Waals surface area contributed by atoms with Gasteiger partial charge in [-0.15, -0.1) is 11.3 Å². The molecule has 1 N–H and O–H groups in total. The zero-order chi connectivity index (χ0) is 12.1. The molecule has 0 amide bonds. The van der Waals surface area contributed by atoms with Crippen molar-refractivity contribution in [2.75, 3.05) is 0 Å². The summed E-state index contributed by atoms with van der Waals surface area (Å²) in [6, 6.07) is 2.50. The van der Waals surface area contributed by atoms with E-state index in [4.69, 9.17) is 0 Å². The molecule has 0 bridgehead atoms. The van der Waals surface area contributed by atoms with Crippen LogP contribution in [0, 0.1) is 5.92 Å². The van der Waals surface area contributed by atoms with Crippen LogP contribution in [0.15, 0.2) is 24.0 Å². The monoisotopic (exact) mass is 260 g/mol. The first-order valence-electron chi connectivity index (χ1n) is 6.64. The predicted octanol–water partition coefficient (Wildman–Crippen LogP) is 3.07. The Bertz CT molecular complexity index is 534. The normalized spacial score (nSPS) is 30.2. The first-order valence-corrected chi connectivity index (χ1v) is 7.52. The molecule has 2 aromatic heterocycles. The third-order valence-corrected chi connectivity index (χ3v) is 5.38. The molecule has 18 heavy (non-hydrogen) atoms. The van der Waals surface area contributed by atoms with Crippen molar-refractivity contribution in [3.8, 4) is 11.3 Å². The standard InChI is InChI=1S/C14H16N2OS/c17-12-4-2-1-3-10(12)13-14-9(5-6-18-14)11-7-15-8-16(11)13/h5-8,10,12-13,17H,1-4H2/t10?,12-,13+/m1/s1. The van der Waals surface area contributed by atoms with E-state index in [2.05, 4.69) is 21.0 Å². The van der Waals surface area contributed by atoms with Gasteiger partial charge in [0, 0.05) is 16.4 Å². The van der Waals surface area contributed by atoms with E-state index in [9.17, 15) is 5.11 Å². The number of aromatic nitrogens is 2. The molecule has 1 fully saturated rings. The summed E-state index contributed by atoms with van der Waals surface area (Å²) in [4.78, 5) is 5.69. The average Bonchev–Trinajstić information content (AvgIpc) is 3.02. The Kier molecular flexibility index (Phi) is 2.35. The summed E-state index contributed by atoms with van der Waals surface area (Å²) in [5.41, 5.74) is 2.54. The highest BCUT2D eigenvalue weighted by atomic mass is 32.1. The minimum Gasteiger partial charge on any atom is -0.393 e. The first-order chi connectivity index (χ1) is 8.86. The molecule has 3 nitrogen and oxygen atoms in total. The fourth-order valence-corrected chi connectivity index (χ4v) is 4.61. The lowest BCUT2D eigenvalue weighted by atomic mass is 9.81. The second kappa shape index (κ2) is 3.93. The van der Waals surface area contributed by atoms with Crippen molar-refractivity contribution in [1.82, 2.24) is 9.55 Å². The lowest BCUT2D eigenvalue weighted by Gasteiger charge is -2.33. The Morgan fingerprint density at radius 1 is 1.33 bits per heavy atom. The Morgan fingerprint density at radius 2 is 2.22 bits per heavy atom. The maximum atomic E-state index is 10.3. The molecule has 94 valence electrons. The molecule has 3 heterocycles. The van der Waals surface area contributed by atoms with E-state index in [0.717, 1.165) is 12.8 Å². The molecule has 0 aromatic carbocycles. The maximum absolute atomic E-state index is 10.3. The molecular formula is C14H16N2OS. The van der Waals surface area contributed by atoms with Gasteiger partial charge in [-0.05, 0) is 24.3 Å². The number of aliphatic hydroxyl groups is 1. The van der Waals surface area contributed by atoms with Crippen LogP contribution < -0.4 is 0 Å². The molecule has 1 unspecified atom stereocenters. The minimum absolute atomic E-state index is 0.160. The number of fused-ring (bicyclic) bond motifs is 3. The number of rotatable bonds is 1. The fourth-order valence-electron chi connectivity index (χ4n) is 3.53. The SMILES string of the molecule is O[C@@H]1CCCCC1[C@H]1c2sccc2-c2cncn21. The van der Waals surface area contributed by atoms with Gasteiger partial charge in [0.15, 0.2) is 0 Å². The number of hydrogen-bond donors (Lipinski definition) is 1. The molecule has 1 aliphatic carbocycles. The van der Waals surface area contributed by atoms with Gasteiger partial charge in [0.25, 0.3) is 0 Å². The maximum Gasteiger partial charge on any atom is 0.0957 e. The van der Waals surface area contributed by atoms with Crippen LogP contribution in [0.5, 0.6) is 0 Å². The van der Waals surface area contributed by atoms with Crippen LogP contribution in [0.25, 0.3) is 11.3 Å². The van der Waals surface area contributed by atoms with E-state index in [0.29, 0.717) is 12.0 Å². The van der Waals surface area contributed by atoms with Gasteiger partial charge in [-0.1, -0.05) is 12.8 Å². The molecule has 1 aliphatic heterocycles. The average molecular weight is 260 g/mol. The number of hydrogen-bond acceptors (Lipinski definition) is 3. The van der Waals surface area contributed by atoms with E-state index in [-0.39, 0.29) is 6.10 Å². The van der Waals surface area contributed by atoms with Gasteiger partial charge in [0.2, 0.25) is 0 Å². The minimum atomic E-state index is -0.160. The molecule has 0 radical (unpaired) electrons. The zero-order valence-corrected chi connectivity index (χ0v) is 10.9. The van der Waals surface area contributed by atoms with Crippen molar-refractivity contribution < 1.29 is 5.11 Å². The quantitative estimate of drug-likeness (QED) is 0.855. The number of thiophene rings is 1. The number of imidazole rings is 1. The van der Waals surface area contributed by atoms with Gasteiger partial charge in [-0.25, -0.2) is 4.98 Å². The third kappa shape index (κ3) is 1.36. The van der Waals surface area contributed by atoms with Crippen molar-refractivity contribution in [3.05, 3.63) is 28.8 Å². The Morgan fingerprint density at radius 3 is 3.11 bits per heavy atom. The van der Waals surface area contributed by atoms with Gasteiger partial charge in [0.05, 0.1) is 30.4 Å². The van der Waals surface area contributed by atoms with Gasteiger partial charge < -0.3 is 9.67 Å². The third-order valence-electron chi connectivity index (χ3n) is 4.39. The van der Waals surface area contributed by atoms with E-state index in [1.165, 1.54) is 29.0 Å². The van der Waals surface area contributed by atoms with E-state index >= 15 is 0 Å². The van der Waals surface area contributed by atoms with Gasteiger partial charge in [0.1, 0.15) is 0 Å². The highest BCUT2D eigenvalue weighted by Gasteiger charge is 2.39. The van der Waals surface area contributed by atoms with Crippen LogP contribution in [0.1, 0.15) is 36.6 Å². The van der Waals surface area contributed by atoms with E-state index in [1.807, 2.05) is 23.9 Å². The van der Waals surface area contributed by atoms with Crippen molar-refractivity contribution in [1.29, 1.82) is 0 Å². The van der Waals surface area contributed by atoms with Gasteiger partial charge >= 0.3 is 0 Å². The summed E-state index contributed by atoms with van der Waals surface area (Å²) in [6.45, 7) is 0. The molecule has 4 rings (SSSR count). The van der Waals surface area contributed by atoms with Crippen molar-refractivity contribution in [3.63, 3.8) is 0 Å². The molecule has 2 aliphatic rings. The Hall–Kier alpha value is -1.13. The molecule has 3 atom stereocenters. The predicted molar refractivity (Wildman–Crippen MR) is 71.6 cm³/mol. The van der Waals surface area contributed by atoms with Crippen LogP contribution in [-0.4, -0.2) is 20.8 Å². The van der Waals surface area contributed by atoms with Crippen LogP contribution >= 0.6 is 11.3 Å². The summed E-state index contributed by atoms with van der Waals surface area (Å²) in [5, 5.41) is 12.5. The van der Waals surface area contributed by atoms with Crippen LogP contribution in [0.4, 0.5) is 0 Å². The molecule has 0 spiro atoms. The Balaban J connectivity index is 1.82. The highest BCUT2D eigenvalue weighted by molar-refractivity contribution is 7.10. The zero-order valence-electron chi connectivity index (χ0n) is 10.1. The van der Waals surface area contributed by atoms with Crippen LogP contribution in [0.3, 0.4) is 0 Å². The molecule has 0 saturated heterocycles. The van der Waals surface area contributed by atoms with Crippen LogP contribution in [-0.2, 0) is 0 Å². The molecule has 4 heteroatoms. The summed E-state index contributed by atoms with van der Waals surface area (Å²) in [5.74, 6) is 0.353. The Labute approximate surface area is 110 Å². The summed E-state index contributed by atoms with van der Waals surface area (Å²) in [6.07, 6.45) is 8.19. The smallest absolute Gasteiger partial charge is 0.0957 e. The largest absolute Gasteiger partial charge is 0.393 e. The number of aliphatic hydroxyl groups excluding tert-OH is 1. The van der Waals surface area contributed by atoms with Crippen molar-refractivity contribution in [2.24, 2.45) is 5.92 Å². The fraction of sp³-hybridized carbons (Fsp3) is 0.500. The number of nitrogens with zero attached hydrogens (tertiary/aromatic N) is 2. The summed E-state index contributed by atoms with van der Waals surface area (Å²) >= 11 is 1.82. The lowest BCUT2D eigenvalue weighted by molar-refractivity contribution is 0.0510. The second-order valence-corrected chi connectivity index (χ2v) is 6.29. The highest BCUT2D eigenvalue weighted by Crippen LogP contribution is 2.49. The molecule has 2 aromatic rings. The summed E-state index contributed by atoms with van der Waals surface area (Å²) < 4.78 is 2.26. The van der Waals surface area contributed by atoms with Gasteiger partial charge in [-0.2, -0.15) is 0 Å². The van der Waals surface area contributed by atoms with Crippen LogP contribution in [0.2, 0.25) is 0 Å². The molecule has 1 saturated carbocycles. The van der Waals surface area contributed by atoms with E-state index < -0.39 is 0 Å². The van der Waals surface area contributed by atoms with E-state index in [1.54, 1.807) is 0 Å². The molecular weight excluding hydrogens is 244 g/mol. The van der Waals surface area contributed by atoms with Gasteiger partial charge in [-0.3, -0.25) is 0 Å². The van der Waals surface area contributed by atoms with Crippen molar-refractivity contribution >= 4 is 11.3 Å². The van der Waals surface area contributed by atoms with Crippen molar-refractivity contribution in [2.45, 2.75) is 37.8 Å². The lowest BCUT2D eigenvalue weighted by Crippen LogP contribution is -2.31. The first kappa shape index (κ1) is 10.8. The topological polar surface area (TPSA) is 38.1 Å². The summed E-state index contributed by atoms with van der Waals surface area (Å²) in [7, 11) is 0.